The largest absolute Gasteiger partial charge is 0.309 e. The number of aryl methyl sites for hydroxylation is 1. The molecule has 0 fully saturated rings. The van der Waals surface area contributed by atoms with E-state index in [1.165, 1.54) is 11.1 Å². The van der Waals surface area contributed by atoms with E-state index in [1.807, 2.05) is 19.2 Å². The highest BCUT2D eigenvalue weighted by molar-refractivity contribution is 9.10. The molecule has 2 aromatic rings. The van der Waals surface area contributed by atoms with E-state index in [0.29, 0.717) is 0 Å². The molecule has 0 heterocycles. The van der Waals surface area contributed by atoms with E-state index >= 15 is 0 Å². The lowest BCUT2D eigenvalue weighted by Gasteiger charge is -2.18. The first-order valence-electron chi connectivity index (χ1n) is 6.36. The molecule has 0 saturated heterocycles. The first-order chi connectivity index (χ1) is 9.13. The molecular formula is C16H17BrClN. The van der Waals surface area contributed by atoms with Crippen LogP contribution in [0, 0.1) is 0 Å². The molecule has 1 N–H and O–H groups in total. The predicted octanol–water partition coefficient (Wildman–Crippen LogP) is 4.97. The summed E-state index contributed by atoms with van der Waals surface area (Å²) in [6.07, 6.45) is 1.05. The molecule has 19 heavy (non-hydrogen) atoms. The van der Waals surface area contributed by atoms with Crippen LogP contribution in [0.5, 0.6) is 0 Å². The Morgan fingerprint density at radius 1 is 1.16 bits per heavy atom. The maximum absolute atomic E-state index is 6.14. The second-order valence-electron chi connectivity index (χ2n) is 4.52. The van der Waals surface area contributed by atoms with Crippen molar-refractivity contribution >= 4 is 27.5 Å². The van der Waals surface area contributed by atoms with E-state index in [1.54, 1.807) is 0 Å². The molecule has 0 radical (unpaired) electrons. The van der Waals surface area contributed by atoms with Gasteiger partial charge in [-0.25, -0.2) is 0 Å². The van der Waals surface area contributed by atoms with Crippen LogP contribution in [0.3, 0.4) is 0 Å². The van der Waals surface area contributed by atoms with Gasteiger partial charge in [0.1, 0.15) is 0 Å². The molecule has 1 atom stereocenters. The molecule has 0 bridgehead atoms. The van der Waals surface area contributed by atoms with Gasteiger partial charge in [0.15, 0.2) is 0 Å². The number of halogens is 2. The summed E-state index contributed by atoms with van der Waals surface area (Å²) in [7, 11) is 1.97. The molecule has 0 amide bonds. The lowest BCUT2D eigenvalue weighted by molar-refractivity contribution is 0.690. The monoisotopic (exact) mass is 337 g/mol. The van der Waals surface area contributed by atoms with Crippen molar-refractivity contribution < 1.29 is 0 Å². The molecular weight excluding hydrogens is 322 g/mol. The minimum Gasteiger partial charge on any atom is -0.309 e. The van der Waals surface area contributed by atoms with Crippen LogP contribution in [-0.4, -0.2) is 7.05 Å². The number of rotatable bonds is 4. The Labute approximate surface area is 128 Å². The summed E-state index contributed by atoms with van der Waals surface area (Å²) in [5.41, 5.74) is 3.77. The van der Waals surface area contributed by atoms with Crippen molar-refractivity contribution in [1.82, 2.24) is 5.32 Å². The Hall–Kier alpha value is -0.830. The SMILES string of the molecule is CCc1cccc(C(NC)c2cc(Cl)cc(Br)c2)c1. The molecule has 0 saturated carbocycles. The van der Waals surface area contributed by atoms with Crippen LogP contribution in [0.2, 0.25) is 5.02 Å². The number of nitrogens with one attached hydrogen (secondary N) is 1. The smallest absolute Gasteiger partial charge is 0.0575 e. The predicted molar refractivity (Wildman–Crippen MR) is 85.9 cm³/mol. The third-order valence-corrected chi connectivity index (χ3v) is 3.88. The summed E-state index contributed by atoms with van der Waals surface area (Å²) >= 11 is 9.64. The summed E-state index contributed by atoms with van der Waals surface area (Å²) in [4.78, 5) is 0. The average molecular weight is 339 g/mol. The topological polar surface area (TPSA) is 12.0 Å². The van der Waals surface area contributed by atoms with Gasteiger partial charge in [-0.3, -0.25) is 0 Å². The minimum atomic E-state index is 0.154. The van der Waals surface area contributed by atoms with E-state index in [9.17, 15) is 0 Å². The maximum atomic E-state index is 6.14. The maximum Gasteiger partial charge on any atom is 0.0575 e. The normalized spacial score (nSPS) is 12.4. The van der Waals surface area contributed by atoms with Gasteiger partial charge in [0.25, 0.3) is 0 Å². The van der Waals surface area contributed by atoms with E-state index in [2.05, 4.69) is 58.5 Å². The minimum absolute atomic E-state index is 0.154. The van der Waals surface area contributed by atoms with Crippen molar-refractivity contribution in [2.45, 2.75) is 19.4 Å². The van der Waals surface area contributed by atoms with E-state index in [0.717, 1.165) is 21.5 Å². The van der Waals surface area contributed by atoms with Crippen LogP contribution < -0.4 is 5.32 Å². The van der Waals surface area contributed by atoms with Crippen molar-refractivity contribution in [2.24, 2.45) is 0 Å². The van der Waals surface area contributed by atoms with Crippen LogP contribution >= 0.6 is 27.5 Å². The molecule has 0 spiro atoms. The highest BCUT2D eigenvalue weighted by Gasteiger charge is 2.13. The zero-order valence-corrected chi connectivity index (χ0v) is 13.4. The highest BCUT2D eigenvalue weighted by Crippen LogP contribution is 2.28. The van der Waals surface area contributed by atoms with Gasteiger partial charge in [0, 0.05) is 9.50 Å². The first kappa shape index (κ1) is 14.6. The van der Waals surface area contributed by atoms with Gasteiger partial charge in [0.2, 0.25) is 0 Å². The molecule has 1 unspecified atom stereocenters. The molecule has 2 aromatic carbocycles. The summed E-state index contributed by atoms with van der Waals surface area (Å²) < 4.78 is 1.00. The Bertz CT molecular complexity index is 548. The van der Waals surface area contributed by atoms with E-state index < -0.39 is 0 Å². The van der Waals surface area contributed by atoms with E-state index in [-0.39, 0.29) is 6.04 Å². The molecule has 1 nitrogen and oxygen atoms in total. The van der Waals surface area contributed by atoms with Gasteiger partial charge < -0.3 is 5.32 Å². The molecule has 100 valence electrons. The fourth-order valence-electron chi connectivity index (χ4n) is 2.26. The average Bonchev–Trinajstić information content (AvgIpc) is 2.39. The van der Waals surface area contributed by atoms with Crippen LogP contribution in [0.4, 0.5) is 0 Å². The van der Waals surface area contributed by atoms with Crippen molar-refractivity contribution in [2.75, 3.05) is 7.05 Å². The van der Waals surface area contributed by atoms with Crippen molar-refractivity contribution in [3.05, 3.63) is 68.7 Å². The third kappa shape index (κ3) is 3.59. The molecule has 2 rings (SSSR count). The van der Waals surface area contributed by atoms with Gasteiger partial charge in [-0.15, -0.1) is 0 Å². The van der Waals surface area contributed by atoms with Gasteiger partial charge in [-0.2, -0.15) is 0 Å². The lowest BCUT2D eigenvalue weighted by Crippen LogP contribution is -2.17. The Morgan fingerprint density at radius 2 is 1.95 bits per heavy atom. The lowest BCUT2D eigenvalue weighted by atomic mass is 9.97. The van der Waals surface area contributed by atoms with Crippen LogP contribution in [0.25, 0.3) is 0 Å². The molecule has 0 aromatic heterocycles. The first-order valence-corrected chi connectivity index (χ1v) is 7.53. The van der Waals surface area contributed by atoms with Crippen LogP contribution in [-0.2, 0) is 6.42 Å². The third-order valence-electron chi connectivity index (χ3n) is 3.20. The highest BCUT2D eigenvalue weighted by atomic mass is 79.9. The quantitative estimate of drug-likeness (QED) is 0.829. The zero-order chi connectivity index (χ0) is 13.8. The summed E-state index contributed by atoms with van der Waals surface area (Å²) in [6, 6.07) is 14.8. The standard InChI is InChI=1S/C16H17BrClN/c1-3-11-5-4-6-12(7-11)16(19-2)13-8-14(17)10-15(18)9-13/h4-10,16,19H,3H2,1-2H3. The molecule has 0 aliphatic carbocycles. The molecule has 0 aliphatic rings. The number of benzene rings is 2. The second-order valence-corrected chi connectivity index (χ2v) is 5.88. The summed E-state index contributed by atoms with van der Waals surface area (Å²) in [5, 5.41) is 4.11. The van der Waals surface area contributed by atoms with Crippen molar-refractivity contribution in [3.8, 4) is 0 Å². The van der Waals surface area contributed by atoms with Gasteiger partial charge in [0.05, 0.1) is 6.04 Å². The van der Waals surface area contributed by atoms with Gasteiger partial charge in [-0.1, -0.05) is 58.7 Å². The molecule has 0 aliphatic heterocycles. The fraction of sp³-hybridized carbons (Fsp3) is 0.250. The Kier molecular flexibility index (Phi) is 5.03. The van der Waals surface area contributed by atoms with Crippen molar-refractivity contribution in [1.29, 1.82) is 0 Å². The van der Waals surface area contributed by atoms with Crippen molar-refractivity contribution in [3.63, 3.8) is 0 Å². The summed E-state index contributed by atoms with van der Waals surface area (Å²) in [6.45, 7) is 2.17. The fourth-order valence-corrected chi connectivity index (χ4v) is 3.15. The van der Waals surface area contributed by atoms with E-state index in [4.69, 9.17) is 11.6 Å². The molecule has 3 heteroatoms. The van der Waals surface area contributed by atoms with Gasteiger partial charge in [-0.05, 0) is 48.4 Å². The number of hydrogen-bond donors (Lipinski definition) is 1. The van der Waals surface area contributed by atoms with Crippen LogP contribution in [0.1, 0.15) is 29.7 Å². The van der Waals surface area contributed by atoms with Crippen LogP contribution in [0.15, 0.2) is 46.9 Å². The number of hydrogen-bond acceptors (Lipinski definition) is 1. The van der Waals surface area contributed by atoms with Gasteiger partial charge >= 0.3 is 0 Å². The second kappa shape index (κ2) is 6.56. The summed E-state index contributed by atoms with van der Waals surface area (Å²) in [5.74, 6) is 0. The zero-order valence-electron chi connectivity index (χ0n) is 11.1. The Balaban J connectivity index is 2.43. The Morgan fingerprint density at radius 3 is 2.58 bits per heavy atom.